The Morgan fingerprint density at radius 2 is 1.90 bits per heavy atom. The lowest BCUT2D eigenvalue weighted by Gasteiger charge is -2.17. The molecule has 0 radical (unpaired) electrons. The van der Waals surface area contributed by atoms with Gasteiger partial charge in [-0.25, -0.2) is 0 Å². The molecule has 1 aliphatic heterocycles. The van der Waals surface area contributed by atoms with Crippen LogP contribution in [0.3, 0.4) is 0 Å². The first-order valence-electron chi connectivity index (χ1n) is 6.41. The van der Waals surface area contributed by atoms with Crippen LogP contribution < -0.4 is 4.74 Å². The van der Waals surface area contributed by atoms with Gasteiger partial charge in [0, 0.05) is 20.9 Å². The van der Waals surface area contributed by atoms with Crippen LogP contribution in [-0.4, -0.2) is 6.61 Å². The molecular weight excluding hydrogens is 448 g/mol. The van der Waals surface area contributed by atoms with E-state index in [-0.39, 0.29) is 4.83 Å². The summed E-state index contributed by atoms with van der Waals surface area (Å²) in [6.45, 7) is 2.87. The predicted molar refractivity (Wildman–Crippen MR) is 93.0 cm³/mol. The second kappa shape index (κ2) is 5.82. The van der Waals surface area contributed by atoms with Crippen molar-refractivity contribution in [2.75, 3.05) is 6.61 Å². The molecule has 3 rings (SSSR count). The molecule has 20 heavy (non-hydrogen) atoms. The molecule has 1 nitrogen and oxygen atoms in total. The Labute approximate surface area is 144 Å². The van der Waals surface area contributed by atoms with Crippen LogP contribution in [0.4, 0.5) is 0 Å². The number of aryl methyl sites for hydroxylation is 1. The molecule has 104 valence electrons. The Bertz CT molecular complexity index is 667. The highest BCUT2D eigenvalue weighted by Gasteiger charge is 2.24. The van der Waals surface area contributed by atoms with Crippen molar-refractivity contribution >= 4 is 47.8 Å². The average molecular weight is 461 g/mol. The Balaban J connectivity index is 2.09. The average Bonchev–Trinajstić information content (AvgIpc) is 2.85. The first-order valence-corrected chi connectivity index (χ1v) is 8.91. The van der Waals surface area contributed by atoms with Gasteiger partial charge in [0.2, 0.25) is 0 Å². The van der Waals surface area contributed by atoms with Gasteiger partial charge in [-0.15, -0.1) is 0 Å². The zero-order valence-corrected chi connectivity index (χ0v) is 15.7. The molecule has 0 aromatic heterocycles. The maximum absolute atomic E-state index is 5.82. The molecule has 0 fully saturated rings. The van der Waals surface area contributed by atoms with Crippen LogP contribution in [0.15, 0.2) is 39.3 Å². The number of fused-ring (bicyclic) bond motifs is 1. The zero-order chi connectivity index (χ0) is 14.3. The molecule has 0 N–H and O–H groups in total. The zero-order valence-electron chi connectivity index (χ0n) is 10.9. The summed E-state index contributed by atoms with van der Waals surface area (Å²) in [5.41, 5.74) is 4.92. The third kappa shape index (κ3) is 2.70. The van der Waals surface area contributed by atoms with E-state index in [1.165, 1.54) is 22.3 Å². The second-order valence-corrected chi connectivity index (χ2v) is 7.65. The Morgan fingerprint density at radius 1 is 1.10 bits per heavy atom. The predicted octanol–water partition coefficient (Wildman–Crippen LogP) is 5.94. The van der Waals surface area contributed by atoms with Crippen LogP contribution in [0.1, 0.15) is 27.1 Å². The van der Waals surface area contributed by atoms with E-state index < -0.39 is 0 Å². The second-order valence-electron chi connectivity index (χ2n) is 4.97. The number of benzene rings is 2. The summed E-state index contributed by atoms with van der Waals surface area (Å²) in [4.78, 5) is 0.113. The molecule has 4 heteroatoms. The van der Waals surface area contributed by atoms with Crippen molar-refractivity contribution in [3.8, 4) is 5.75 Å². The van der Waals surface area contributed by atoms with Gasteiger partial charge >= 0.3 is 0 Å². The summed E-state index contributed by atoms with van der Waals surface area (Å²) in [7, 11) is 0. The monoisotopic (exact) mass is 458 g/mol. The standard InChI is InChI=1S/C16H13Br3O/c1-9-2-3-12(14(18)6-9)15(19)13-8-11(17)7-10-4-5-20-16(10)13/h2-3,6-8,15H,4-5H2,1H3. The number of hydrogen-bond acceptors (Lipinski definition) is 1. The smallest absolute Gasteiger partial charge is 0.127 e. The molecule has 0 saturated heterocycles. The molecule has 0 saturated carbocycles. The van der Waals surface area contributed by atoms with E-state index in [0.29, 0.717) is 0 Å². The lowest BCUT2D eigenvalue weighted by Crippen LogP contribution is -1.98. The van der Waals surface area contributed by atoms with E-state index in [2.05, 4.69) is 85.0 Å². The summed E-state index contributed by atoms with van der Waals surface area (Å²) in [6.07, 6.45) is 0.983. The highest BCUT2D eigenvalue weighted by Crippen LogP contribution is 2.44. The highest BCUT2D eigenvalue weighted by atomic mass is 79.9. The van der Waals surface area contributed by atoms with E-state index in [1.807, 2.05) is 0 Å². The summed E-state index contributed by atoms with van der Waals surface area (Å²) in [5, 5.41) is 0. The quantitative estimate of drug-likeness (QED) is 0.504. The fourth-order valence-corrected chi connectivity index (χ4v) is 4.78. The van der Waals surface area contributed by atoms with Crippen LogP contribution in [0.25, 0.3) is 0 Å². The Morgan fingerprint density at radius 3 is 2.65 bits per heavy atom. The number of ether oxygens (including phenoxy) is 1. The van der Waals surface area contributed by atoms with Gasteiger partial charge in [-0.3, -0.25) is 0 Å². The lowest BCUT2D eigenvalue weighted by molar-refractivity contribution is 0.354. The van der Waals surface area contributed by atoms with Gasteiger partial charge in [0.15, 0.2) is 0 Å². The molecular formula is C16H13Br3O. The van der Waals surface area contributed by atoms with Gasteiger partial charge in [-0.1, -0.05) is 59.9 Å². The first-order chi connectivity index (χ1) is 9.56. The number of halogens is 3. The maximum atomic E-state index is 5.82. The van der Waals surface area contributed by atoms with Gasteiger partial charge in [0.25, 0.3) is 0 Å². The Hall–Kier alpha value is -0.320. The minimum atomic E-state index is 0.113. The van der Waals surface area contributed by atoms with E-state index in [4.69, 9.17) is 4.74 Å². The highest BCUT2D eigenvalue weighted by molar-refractivity contribution is 9.11. The minimum absolute atomic E-state index is 0.113. The van der Waals surface area contributed by atoms with Crippen molar-refractivity contribution in [2.45, 2.75) is 18.2 Å². The molecule has 0 spiro atoms. The topological polar surface area (TPSA) is 9.23 Å². The van der Waals surface area contributed by atoms with Gasteiger partial charge in [-0.2, -0.15) is 0 Å². The van der Waals surface area contributed by atoms with Crippen molar-refractivity contribution in [1.29, 1.82) is 0 Å². The summed E-state index contributed by atoms with van der Waals surface area (Å²) < 4.78 is 8.04. The van der Waals surface area contributed by atoms with Crippen LogP contribution in [0, 0.1) is 6.92 Å². The maximum Gasteiger partial charge on any atom is 0.127 e. The van der Waals surface area contributed by atoms with Crippen LogP contribution >= 0.6 is 47.8 Å². The van der Waals surface area contributed by atoms with E-state index >= 15 is 0 Å². The van der Waals surface area contributed by atoms with E-state index in [0.717, 1.165) is 27.7 Å². The molecule has 1 aliphatic rings. The number of alkyl halides is 1. The van der Waals surface area contributed by atoms with Crippen LogP contribution in [-0.2, 0) is 6.42 Å². The number of hydrogen-bond donors (Lipinski definition) is 0. The molecule has 0 amide bonds. The van der Waals surface area contributed by atoms with E-state index in [1.54, 1.807) is 0 Å². The summed E-state index contributed by atoms with van der Waals surface area (Å²) in [6, 6.07) is 10.7. The van der Waals surface area contributed by atoms with Gasteiger partial charge in [0.1, 0.15) is 5.75 Å². The van der Waals surface area contributed by atoms with E-state index in [9.17, 15) is 0 Å². The molecule has 1 unspecified atom stereocenters. The molecule has 2 aromatic rings. The first kappa shape index (κ1) is 14.6. The third-order valence-electron chi connectivity index (χ3n) is 3.48. The molecule has 1 heterocycles. The molecule has 0 aliphatic carbocycles. The fraction of sp³-hybridized carbons (Fsp3) is 0.250. The summed E-state index contributed by atoms with van der Waals surface area (Å²) >= 11 is 11.1. The molecule has 2 aromatic carbocycles. The molecule has 0 bridgehead atoms. The van der Waals surface area contributed by atoms with Crippen LogP contribution in [0.5, 0.6) is 5.75 Å². The molecule has 1 atom stereocenters. The Kier molecular flexibility index (Phi) is 4.25. The summed E-state index contributed by atoms with van der Waals surface area (Å²) in [5.74, 6) is 1.03. The van der Waals surface area contributed by atoms with Crippen molar-refractivity contribution < 1.29 is 4.74 Å². The minimum Gasteiger partial charge on any atom is -0.493 e. The van der Waals surface area contributed by atoms with Gasteiger partial charge in [0.05, 0.1) is 11.4 Å². The van der Waals surface area contributed by atoms with Crippen molar-refractivity contribution in [2.24, 2.45) is 0 Å². The van der Waals surface area contributed by atoms with Crippen molar-refractivity contribution in [1.82, 2.24) is 0 Å². The SMILES string of the molecule is Cc1ccc(C(Br)c2cc(Br)cc3c2OCC3)c(Br)c1. The van der Waals surface area contributed by atoms with Gasteiger partial charge in [-0.05, 0) is 41.8 Å². The third-order valence-corrected chi connectivity index (χ3v) is 5.61. The lowest BCUT2D eigenvalue weighted by atomic mass is 10.0. The normalized spacial score (nSPS) is 14.8. The number of rotatable bonds is 2. The fourth-order valence-electron chi connectivity index (χ4n) is 2.49. The van der Waals surface area contributed by atoms with Crippen molar-refractivity contribution in [3.63, 3.8) is 0 Å². The van der Waals surface area contributed by atoms with Crippen LogP contribution in [0.2, 0.25) is 0 Å². The van der Waals surface area contributed by atoms with Gasteiger partial charge < -0.3 is 4.74 Å². The largest absolute Gasteiger partial charge is 0.493 e. The van der Waals surface area contributed by atoms with Crippen molar-refractivity contribution in [3.05, 3.63) is 61.5 Å².